The molecular weight excluding hydrogens is 350 g/mol. The van der Waals surface area contributed by atoms with Crippen LogP contribution in [0.2, 0.25) is 0 Å². The number of alkyl carbamates (subject to hydrolysis) is 1. The van der Waals surface area contributed by atoms with Crippen molar-refractivity contribution in [3.8, 4) is 6.07 Å². The molecule has 3 atom stereocenters. The molecule has 1 rings (SSSR count). The number of carbonyl (C=O) groups is 3. The van der Waals surface area contributed by atoms with Gasteiger partial charge in [-0.05, 0) is 24.8 Å². The van der Waals surface area contributed by atoms with Crippen LogP contribution < -0.4 is 10.6 Å². The lowest BCUT2D eigenvalue weighted by atomic mass is 10.0. The molecule has 0 bridgehead atoms. The summed E-state index contributed by atoms with van der Waals surface area (Å²) in [4.78, 5) is 35.8. The Labute approximate surface area is 158 Å². The van der Waals surface area contributed by atoms with E-state index in [1.165, 1.54) is 0 Å². The SMILES string of the molecule is CC(C)[C@H](NC(=O)OCc1ccccc1)C(=O)N[C@H](C[C@@H](C)C#N)C(=O)O. The van der Waals surface area contributed by atoms with Gasteiger partial charge in [0.25, 0.3) is 0 Å². The highest BCUT2D eigenvalue weighted by atomic mass is 16.5. The van der Waals surface area contributed by atoms with Crippen LogP contribution in [-0.2, 0) is 20.9 Å². The highest BCUT2D eigenvalue weighted by Crippen LogP contribution is 2.08. The van der Waals surface area contributed by atoms with E-state index in [0.717, 1.165) is 5.56 Å². The number of carboxylic acids is 1. The van der Waals surface area contributed by atoms with Crippen LogP contribution in [0.15, 0.2) is 30.3 Å². The summed E-state index contributed by atoms with van der Waals surface area (Å²) in [5.74, 6) is -2.70. The first kappa shape index (κ1) is 22.0. The van der Waals surface area contributed by atoms with E-state index < -0.39 is 36.0 Å². The summed E-state index contributed by atoms with van der Waals surface area (Å²) in [7, 11) is 0. The molecule has 1 aromatic rings. The van der Waals surface area contributed by atoms with Crippen LogP contribution in [0, 0.1) is 23.2 Å². The average Bonchev–Trinajstić information content (AvgIpc) is 2.64. The van der Waals surface area contributed by atoms with Crippen LogP contribution in [0.1, 0.15) is 32.8 Å². The third-order valence-corrected chi connectivity index (χ3v) is 3.86. The van der Waals surface area contributed by atoms with E-state index >= 15 is 0 Å². The molecule has 8 heteroatoms. The highest BCUT2D eigenvalue weighted by Gasteiger charge is 2.29. The Morgan fingerprint density at radius 3 is 2.30 bits per heavy atom. The van der Waals surface area contributed by atoms with E-state index in [4.69, 9.17) is 10.00 Å². The molecule has 0 unspecified atom stereocenters. The zero-order valence-corrected chi connectivity index (χ0v) is 15.6. The van der Waals surface area contributed by atoms with Gasteiger partial charge < -0.3 is 20.5 Å². The standard InChI is InChI=1S/C19H25N3O5/c1-12(2)16(17(23)21-15(18(24)25)9-13(3)10-20)22-19(26)27-11-14-7-5-4-6-8-14/h4-8,12-13,15-16H,9,11H2,1-3H3,(H,21,23)(H,22,26)(H,24,25)/t13-,15-,16+/m1/s1. The van der Waals surface area contributed by atoms with Crippen LogP contribution in [-0.4, -0.2) is 35.2 Å². The lowest BCUT2D eigenvalue weighted by Gasteiger charge is -2.24. The molecule has 0 saturated carbocycles. The smallest absolute Gasteiger partial charge is 0.408 e. The van der Waals surface area contributed by atoms with Gasteiger partial charge in [0.2, 0.25) is 5.91 Å². The summed E-state index contributed by atoms with van der Waals surface area (Å²) in [6.45, 7) is 5.06. The maximum absolute atomic E-state index is 12.5. The van der Waals surface area contributed by atoms with Gasteiger partial charge >= 0.3 is 12.1 Å². The van der Waals surface area contributed by atoms with E-state index in [1.54, 1.807) is 32.9 Å². The second kappa shape index (κ2) is 10.8. The van der Waals surface area contributed by atoms with Crippen molar-refractivity contribution in [3.05, 3.63) is 35.9 Å². The van der Waals surface area contributed by atoms with Gasteiger partial charge in [0.05, 0.1) is 6.07 Å². The van der Waals surface area contributed by atoms with Gasteiger partial charge in [-0.1, -0.05) is 44.2 Å². The first-order valence-electron chi connectivity index (χ1n) is 8.64. The minimum atomic E-state index is -1.24. The lowest BCUT2D eigenvalue weighted by molar-refractivity contribution is -0.142. The second-order valence-corrected chi connectivity index (χ2v) is 6.59. The number of hydrogen-bond donors (Lipinski definition) is 3. The molecule has 0 aliphatic rings. The van der Waals surface area contributed by atoms with Crippen molar-refractivity contribution in [1.29, 1.82) is 5.26 Å². The molecule has 0 spiro atoms. The van der Waals surface area contributed by atoms with E-state index in [9.17, 15) is 19.5 Å². The zero-order valence-electron chi connectivity index (χ0n) is 15.6. The van der Waals surface area contributed by atoms with Crippen molar-refractivity contribution >= 4 is 18.0 Å². The molecule has 0 saturated heterocycles. The fraction of sp³-hybridized carbons (Fsp3) is 0.474. The van der Waals surface area contributed by atoms with Gasteiger partial charge in [0, 0.05) is 5.92 Å². The monoisotopic (exact) mass is 375 g/mol. The minimum Gasteiger partial charge on any atom is -0.480 e. The Bertz CT molecular complexity index is 684. The maximum Gasteiger partial charge on any atom is 0.408 e. The van der Waals surface area contributed by atoms with Gasteiger partial charge in [-0.2, -0.15) is 5.26 Å². The molecule has 0 heterocycles. The predicted octanol–water partition coefficient (Wildman–Crippen LogP) is 2.06. The Kier molecular flexibility index (Phi) is 8.79. The summed E-state index contributed by atoms with van der Waals surface area (Å²) < 4.78 is 5.10. The lowest BCUT2D eigenvalue weighted by Crippen LogP contribution is -2.54. The van der Waals surface area contributed by atoms with Gasteiger partial charge in [0.1, 0.15) is 18.7 Å². The van der Waals surface area contributed by atoms with Crippen molar-refractivity contribution in [1.82, 2.24) is 10.6 Å². The van der Waals surface area contributed by atoms with Gasteiger partial charge in [-0.15, -0.1) is 0 Å². The Balaban J connectivity index is 2.67. The molecule has 0 aliphatic heterocycles. The third-order valence-electron chi connectivity index (χ3n) is 3.86. The molecule has 27 heavy (non-hydrogen) atoms. The first-order valence-corrected chi connectivity index (χ1v) is 8.64. The fourth-order valence-electron chi connectivity index (χ4n) is 2.32. The van der Waals surface area contributed by atoms with Gasteiger partial charge in [-0.3, -0.25) is 4.79 Å². The van der Waals surface area contributed by atoms with Crippen molar-refractivity contribution in [2.24, 2.45) is 11.8 Å². The number of carboxylic acid groups (broad SMARTS) is 1. The number of nitrogens with one attached hydrogen (secondary N) is 2. The summed E-state index contributed by atoms with van der Waals surface area (Å²) in [6, 6.07) is 8.83. The van der Waals surface area contributed by atoms with Crippen LogP contribution in [0.3, 0.4) is 0 Å². The molecule has 0 aromatic heterocycles. The Morgan fingerprint density at radius 2 is 1.78 bits per heavy atom. The summed E-state index contributed by atoms with van der Waals surface area (Å²) in [5, 5.41) is 22.9. The number of nitrogens with zero attached hydrogens (tertiary/aromatic N) is 1. The molecule has 0 radical (unpaired) electrons. The molecule has 8 nitrogen and oxygen atoms in total. The number of rotatable bonds is 9. The molecule has 3 N–H and O–H groups in total. The molecular formula is C19H25N3O5. The first-order chi connectivity index (χ1) is 12.7. The Hall–Kier alpha value is -3.08. The van der Waals surface area contributed by atoms with E-state index in [0.29, 0.717) is 0 Å². The minimum absolute atomic E-state index is 0.0269. The number of ether oxygens (including phenoxy) is 1. The highest BCUT2D eigenvalue weighted by molar-refractivity contribution is 5.89. The molecule has 146 valence electrons. The summed E-state index contributed by atoms with van der Waals surface area (Å²) in [5.41, 5.74) is 0.801. The number of aliphatic carboxylic acids is 1. The third kappa shape index (κ3) is 7.77. The van der Waals surface area contributed by atoms with Crippen molar-refractivity contribution in [3.63, 3.8) is 0 Å². The summed E-state index contributed by atoms with van der Waals surface area (Å²) >= 11 is 0. The van der Waals surface area contributed by atoms with Gasteiger partial charge in [0.15, 0.2) is 0 Å². The Morgan fingerprint density at radius 1 is 1.15 bits per heavy atom. The molecule has 2 amide bonds. The van der Waals surface area contributed by atoms with E-state index in [2.05, 4.69) is 10.6 Å². The van der Waals surface area contributed by atoms with Crippen LogP contribution >= 0.6 is 0 Å². The summed E-state index contributed by atoms with van der Waals surface area (Å²) in [6.07, 6.45) is -0.800. The van der Waals surface area contributed by atoms with E-state index in [-0.39, 0.29) is 18.9 Å². The largest absolute Gasteiger partial charge is 0.480 e. The molecule has 1 aromatic carbocycles. The second-order valence-electron chi connectivity index (χ2n) is 6.59. The number of carbonyl (C=O) groups excluding carboxylic acids is 2. The number of amides is 2. The molecule has 0 fully saturated rings. The number of benzene rings is 1. The normalized spacial score (nSPS) is 13.7. The van der Waals surface area contributed by atoms with Gasteiger partial charge in [-0.25, -0.2) is 9.59 Å². The topological polar surface area (TPSA) is 129 Å². The maximum atomic E-state index is 12.5. The predicted molar refractivity (Wildman–Crippen MR) is 97.3 cm³/mol. The van der Waals surface area contributed by atoms with Crippen molar-refractivity contribution in [2.75, 3.05) is 0 Å². The van der Waals surface area contributed by atoms with Crippen molar-refractivity contribution < 1.29 is 24.2 Å². The molecule has 0 aliphatic carbocycles. The number of nitriles is 1. The van der Waals surface area contributed by atoms with Crippen molar-refractivity contribution in [2.45, 2.75) is 45.9 Å². The number of hydrogen-bond acceptors (Lipinski definition) is 5. The quantitative estimate of drug-likeness (QED) is 0.606. The van der Waals surface area contributed by atoms with Crippen LogP contribution in [0.4, 0.5) is 4.79 Å². The van der Waals surface area contributed by atoms with Crippen LogP contribution in [0.25, 0.3) is 0 Å². The fourth-order valence-corrected chi connectivity index (χ4v) is 2.32. The zero-order chi connectivity index (χ0) is 20.4. The average molecular weight is 375 g/mol. The van der Waals surface area contributed by atoms with Crippen LogP contribution in [0.5, 0.6) is 0 Å². The van der Waals surface area contributed by atoms with E-state index in [1.807, 2.05) is 24.3 Å².